The van der Waals surface area contributed by atoms with Crippen LogP contribution >= 0.6 is 0 Å². The highest BCUT2D eigenvalue weighted by Crippen LogP contribution is 2.29. The van der Waals surface area contributed by atoms with Crippen molar-refractivity contribution < 1.29 is 0 Å². The molecule has 0 saturated heterocycles. The molecule has 0 aromatic carbocycles. The van der Waals surface area contributed by atoms with E-state index in [2.05, 4.69) is 39.1 Å². The number of allylic oxidation sites excluding steroid dienone is 2. The Labute approximate surface area is 135 Å². The zero-order valence-electron chi connectivity index (χ0n) is 13.4. The van der Waals surface area contributed by atoms with E-state index in [1.807, 2.05) is 36.2 Å². The number of nitrogens with zero attached hydrogens (tertiary/aromatic N) is 5. The molecular formula is C18H19N5. The molecule has 1 unspecified atom stereocenters. The van der Waals surface area contributed by atoms with Gasteiger partial charge < -0.3 is 0 Å². The second-order valence-electron chi connectivity index (χ2n) is 6.02. The Morgan fingerprint density at radius 3 is 3.13 bits per heavy atom. The van der Waals surface area contributed by atoms with Crippen molar-refractivity contribution in [1.82, 2.24) is 14.6 Å². The maximum atomic E-state index is 4.60. The first kappa shape index (κ1) is 14.1. The second-order valence-corrected chi connectivity index (χ2v) is 6.02. The lowest BCUT2D eigenvalue weighted by molar-refractivity contribution is 0.725. The third-order valence-corrected chi connectivity index (χ3v) is 4.50. The van der Waals surface area contributed by atoms with Gasteiger partial charge in [-0.1, -0.05) is 18.6 Å². The Morgan fingerprint density at radius 1 is 1.35 bits per heavy atom. The summed E-state index contributed by atoms with van der Waals surface area (Å²) in [6.07, 6.45) is 13.3. The Morgan fingerprint density at radius 2 is 2.26 bits per heavy atom. The highest BCUT2D eigenvalue weighted by atomic mass is 15.2. The first-order valence-corrected chi connectivity index (χ1v) is 8.07. The van der Waals surface area contributed by atoms with Gasteiger partial charge in [-0.25, -0.2) is 19.5 Å². The molecule has 2 aromatic heterocycles. The molecule has 2 aliphatic heterocycles. The van der Waals surface area contributed by atoms with Crippen molar-refractivity contribution in [3.8, 4) is 0 Å². The van der Waals surface area contributed by atoms with Gasteiger partial charge in [-0.2, -0.15) is 5.10 Å². The van der Waals surface area contributed by atoms with Gasteiger partial charge in [0, 0.05) is 30.1 Å². The number of amidine groups is 1. The largest absolute Gasteiger partial charge is 0.241 e. The number of aryl methyl sites for hydroxylation is 1. The maximum absolute atomic E-state index is 4.60. The molecule has 0 aliphatic carbocycles. The highest BCUT2D eigenvalue weighted by molar-refractivity contribution is 6.19. The summed E-state index contributed by atoms with van der Waals surface area (Å²) in [5.41, 5.74) is 4.66. The smallest absolute Gasteiger partial charge is 0.146 e. The molecular weight excluding hydrogens is 286 g/mol. The van der Waals surface area contributed by atoms with Crippen molar-refractivity contribution in [3.63, 3.8) is 0 Å². The molecule has 5 nitrogen and oxygen atoms in total. The van der Waals surface area contributed by atoms with E-state index in [-0.39, 0.29) is 5.92 Å². The van der Waals surface area contributed by atoms with E-state index in [9.17, 15) is 0 Å². The van der Waals surface area contributed by atoms with Crippen LogP contribution in [0.3, 0.4) is 0 Å². The minimum Gasteiger partial charge on any atom is -0.241 e. The topological polar surface area (TPSA) is 54.9 Å². The zero-order valence-corrected chi connectivity index (χ0v) is 13.4. The predicted octanol–water partition coefficient (Wildman–Crippen LogP) is 3.61. The minimum absolute atomic E-state index is 0.289. The third kappa shape index (κ3) is 2.52. The van der Waals surface area contributed by atoms with Crippen LogP contribution in [-0.2, 0) is 0 Å². The molecule has 1 atom stereocenters. The van der Waals surface area contributed by atoms with Gasteiger partial charge in [0.05, 0.1) is 11.7 Å². The zero-order chi connectivity index (χ0) is 15.8. The van der Waals surface area contributed by atoms with Gasteiger partial charge >= 0.3 is 0 Å². The maximum Gasteiger partial charge on any atom is 0.146 e. The number of rotatable bonds is 2. The van der Waals surface area contributed by atoms with Gasteiger partial charge in [0.25, 0.3) is 0 Å². The molecule has 2 aliphatic rings. The molecule has 4 heterocycles. The van der Waals surface area contributed by atoms with E-state index in [0.717, 1.165) is 47.6 Å². The van der Waals surface area contributed by atoms with Gasteiger partial charge in [0.2, 0.25) is 0 Å². The van der Waals surface area contributed by atoms with Crippen molar-refractivity contribution in [2.24, 2.45) is 15.9 Å². The standard InChI is InChI=1S/C18H19N5/c1-3-13-4-5-14-8-15(10-21-18(14)20-9-13)16-6-7-23-17(16)11-19-12(2)22-23/h6-11,14H,3-5H2,1-2H3. The first-order valence-electron chi connectivity index (χ1n) is 8.07. The molecule has 0 radical (unpaired) electrons. The number of aromatic nitrogens is 3. The molecule has 23 heavy (non-hydrogen) atoms. The van der Waals surface area contributed by atoms with Crippen LogP contribution in [0.4, 0.5) is 0 Å². The lowest BCUT2D eigenvalue weighted by Gasteiger charge is -2.16. The number of hydrogen-bond acceptors (Lipinski definition) is 4. The van der Waals surface area contributed by atoms with Crippen LogP contribution in [0.1, 0.15) is 37.6 Å². The molecule has 5 heteroatoms. The van der Waals surface area contributed by atoms with Crippen molar-refractivity contribution in [1.29, 1.82) is 0 Å². The predicted molar refractivity (Wildman–Crippen MR) is 92.7 cm³/mol. The fourth-order valence-electron chi connectivity index (χ4n) is 3.13. The van der Waals surface area contributed by atoms with Crippen LogP contribution in [0, 0.1) is 12.8 Å². The van der Waals surface area contributed by atoms with E-state index >= 15 is 0 Å². The molecule has 0 amide bonds. The van der Waals surface area contributed by atoms with E-state index in [0.29, 0.717) is 0 Å². The Hall–Kier alpha value is -2.56. The number of aliphatic imine (C=N–C) groups is 2. The van der Waals surface area contributed by atoms with Gasteiger partial charge in [-0.3, -0.25) is 0 Å². The van der Waals surface area contributed by atoms with Crippen molar-refractivity contribution in [2.45, 2.75) is 33.1 Å². The van der Waals surface area contributed by atoms with E-state index in [1.54, 1.807) is 0 Å². The molecule has 4 rings (SSSR count). The molecule has 116 valence electrons. The molecule has 0 N–H and O–H groups in total. The van der Waals surface area contributed by atoms with Crippen LogP contribution in [-0.4, -0.2) is 26.6 Å². The summed E-state index contributed by atoms with van der Waals surface area (Å²) in [5.74, 6) is 1.98. The SMILES string of the molecule is CCC1=CN=C2N=CC(c3ccn4nc(C)ncc34)=CC2CC1. The lowest BCUT2D eigenvalue weighted by Crippen LogP contribution is -2.14. The van der Waals surface area contributed by atoms with Crippen LogP contribution < -0.4 is 0 Å². The summed E-state index contributed by atoms with van der Waals surface area (Å²) in [4.78, 5) is 13.5. The fourth-order valence-corrected chi connectivity index (χ4v) is 3.13. The normalized spacial score (nSPS) is 20.6. The Balaban J connectivity index is 1.70. The van der Waals surface area contributed by atoms with Crippen molar-refractivity contribution in [2.75, 3.05) is 0 Å². The van der Waals surface area contributed by atoms with Crippen LogP contribution in [0.15, 0.2) is 46.3 Å². The number of hydrogen-bond donors (Lipinski definition) is 0. The van der Waals surface area contributed by atoms with Crippen molar-refractivity contribution >= 4 is 23.1 Å². The summed E-state index contributed by atoms with van der Waals surface area (Å²) in [5, 5.41) is 4.41. The Kier molecular flexibility index (Phi) is 3.41. The highest BCUT2D eigenvalue weighted by Gasteiger charge is 2.21. The summed E-state index contributed by atoms with van der Waals surface area (Å²) < 4.78 is 1.87. The van der Waals surface area contributed by atoms with Gasteiger partial charge in [0.15, 0.2) is 0 Å². The number of dihydropyridines is 1. The van der Waals surface area contributed by atoms with Crippen LogP contribution in [0.2, 0.25) is 0 Å². The molecule has 0 spiro atoms. The average Bonchev–Trinajstić information content (AvgIpc) is 2.86. The van der Waals surface area contributed by atoms with Crippen LogP contribution in [0.25, 0.3) is 11.1 Å². The van der Waals surface area contributed by atoms with Crippen molar-refractivity contribution in [3.05, 3.63) is 47.7 Å². The third-order valence-electron chi connectivity index (χ3n) is 4.50. The lowest BCUT2D eigenvalue weighted by atomic mass is 9.93. The summed E-state index contributed by atoms with van der Waals surface area (Å²) >= 11 is 0. The second kappa shape index (κ2) is 5.57. The quantitative estimate of drug-likeness (QED) is 0.851. The molecule has 0 bridgehead atoms. The van der Waals surface area contributed by atoms with E-state index in [4.69, 9.17) is 0 Å². The number of fused-ring (bicyclic) bond motifs is 2. The average molecular weight is 305 g/mol. The summed E-state index contributed by atoms with van der Waals surface area (Å²) in [6, 6.07) is 2.08. The monoisotopic (exact) mass is 305 g/mol. The summed E-state index contributed by atoms with van der Waals surface area (Å²) in [7, 11) is 0. The van der Waals surface area contributed by atoms with Gasteiger partial charge in [0.1, 0.15) is 11.7 Å². The molecule has 0 saturated carbocycles. The van der Waals surface area contributed by atoms with Gasteiger partial charge in [-0.05, 0) is 37.8 Å². The van der Waals surface area contributed by atoms with Crippen LogP contribution in [0.5, 0.6) is 0 Å². The fraction of sp³-hybridized carbons (Fsp3) is 0.333. The van der Waals surface area contributed by atoms with E-state index in [1.165, 1.54) is 5.57 Å². The molecule has 2 aromatic rings. The van der Waals surface area contributed by atoms with Gasteiger partial charge in [-0.15, -0.1) is 0 Å². The Bertz CT molecular complexity index is 882. The summed E-state index contributed by atoms with van der Waals surface area (Å²) in [6.45, 7) is 4.08. The molecule has 0 fully saturated rings. The van der Waals surface area contributed by atoms with E-state index < -0.39 is 0 Å². The minimum atomic E-state index is 0.289. The first-order chi connectivity index (χ1) is 11.2.